The molecule has 1 fully saturated rings. The number of carbonyl (C=O) groups excluding carboxylic acids is 2. The molecule has 8 nitrogen and oxygen atoms in total. The molecule has 2 aromatic carbocycles. The Morgan fingerprint density at radius 3 is 1.33 bits per heavy atom. The van der Waals surface area contributed by atoms with E-state index in [0.717, 1.165) is 24.3 Å². The SMILES string of the molecule is O=C(NNc1cccc(C(F)(F)F)c1)NC1CCC(NC(=O)NNc2cccc(C(F)(F)F)c2)CC1. The summed E-state index contributed by atoms with van der Waals surface area (Å²) in [4.78, 5) is 24.1. The zero-order valence-corrected chi connectivity index (χ0v) is 18.7. The van der Waals surface area contributed by atoms with Gasteiger partial charge in [-0.3, -0.25) is 21.7 Å². The van der Waals surface area contributed by atoms with Gasteiger partial charge in [-0.15, -0.1) is 0 Å². The highest BCUT2D eigenvalue weighted by Crippen LogP contribution is 2.31. The third-order valence-electron chi connectivity index (χ3n) is 5.42. The van der Waals surface area contributed by atoms with Crippen molar-refractivity contribution in [2.75, 3.05) is 10.9 Å². The van der Waals surface area contributed by atoms with Crippen molar-refractivity contribution >= 4 is 23.4 Å². The van der Waals surface area contributed by atoms with Gasteiger partial charge in [-0.05, 0) is 62.1 Å². The first-order chi connectivity index (χ1) is 16.9. The minimum atomic E-state index is -4.50. The second-order valence-corrected chi connectivity index (χ2v) is 8.15. The van der Waals surface area contributed by atoms with Crippen LogP contribution < -0.4 is 32.3 Å². The van der Waals surface area contributed by atoms with Gasteiger partial charge >= 0.3 is 24.4 Å². The van der Waals surface area contributed by atoms with Gasteiger partial charge in [0.1, 0.15) is 0 Å². The Morgan fingerprint density at radius 1 is 0.639 bits per heavy atom. The largest absolute Gasteiger partial charge is 0.416 e. The molecule has 1 saturated carbocycles. The molecule has 1 aliphatic rings. The van der Waals surface area contributed by atoms with Crippen LogP contribution >= 0.6 is 0 Å². The van der Waals surface area contributed by atoms with Gasteiger partial charge in [-0.25, -0.2) is 9.59 Å². The normalized spacial score (nSPS) is 18.1. The van der Waals surface area contributed by atoms with Crippen molar-refractivity contribution in [3.05, 3.63) is 59.7 Å². The molecule has 0 heterocycles. The number of hydrazine groups is 2. The van der Waals surface area contributed by atoms with Crippen LogP contribution in [-0.2, 0) is 12.4 Å². The number of hydrogen-bond donors (Lipinski definition) is 6. The first-order valence-electron chi connectivity index (χ1n) is 10.9. The minimum Gasteiger partial charge on any atom is -0.334 e. The van der Waals surface area contributed by atoms with Crippen LogP contribution in [0.15, 0.2) is 48.5 Å². The molecule has 0 aromatic heterocycles. The van der Waals surface area contributed by atoms with Gasteiger partial charge in [0.25, 0.3) is 0 Å². The molecule has 4 amide bonds. The Kier molecular flexibility index (Phi) is 8.37. The first kappa shape index (κ1) is 26.8. The summed E-state index contributed by atoms with van der Waals surface area (Å²) in [5.74, 6) is 0. The fourth-order valence-electron chi connectivity index (χ4n) is 3.63. The molecule has 0 aliphatic heterocycles. The highest BCUT2D eigenvalue weighted by Gasteiger charge is 2.31. The van der Waals surface area contributed by atoms with Gasteiger partial charge in [0.05, 0.1) is 22.5 Å². The molecule has 0 atom stereocenters. The van der Waals surface area contributed by atoms with Crippen molar-refractivity contribution in [1.82, 2.24) is 21.5 Å². The van der Waals surface area contributed by atoms with Gasteiger partial charge in [-0.2, -0.15) is 26.3 Å². The smallest absolute Gasteiger partial charge is 0.334 e. The lowest BCUT2D eigenvalue weighted by Gasteiger charge is -2.29. The standard InChI is InChI=1S/C22H24F6N6O2/c23-21(24,25)13-3-1-5-17(11-13)31-33-19(35)29-15-7-9-16(10-8-15)30-20(36)34-32-18-6-2-4-14(12-18)22(26,27)28/h1-6,11-12,15-16,31-32H,7-10H2,(H2,29,33,35)(H2,30,34,36). The number of rotatable bonds is 6. The van der Waals surface area contributed by atoms with Crippen molar-refractivity contribution in [3.8, 4) is 0 Å². The molecule has 6 N–H and O–H groups in total. The van der Waals surface area contributed by atoms with Gasteiger partial charge < -0.3 is 10.6 Å². The van der Waals surface area contributed by atoms with Crippen LogP contribution in [0.1, 0.15) is 36.8 Å². The maximum absolute atomic E-state index is 12.8. The number of alkyl halides is 6. The fourth-order valence-corrected chi connectivity index (χ4v) is 3.63. The van der Waals surface area contributed by atoms with Gasteiger partial charge in [-0.1, -0.05) is 12.1 Å². The van der Waals surface area contributed by atoms with E-state index in [-0.39, 0.29) is 23.5 Å². The summed E-state index contributed by atoms with van der Waals surface area (Å²) in [6.07, 6.45) is -6.88. The van der Waals surface area contributed by atoms with Crippen LogP contribution in [-0.4, -0.2) is 24.1 Å². The Morgan fingerprint density at radius 2 is 1.00 bits per heavy atom. The number of urea groups is 2. The van der Waals surface area contributed by atoms with Gasteiger partial charge in [0, 0.05) is 12.1 Å². The first-order valence-corrected chi connectivity index (χ1v) is 10.9. The lowest BCUT2D eigenvalue weighted by atomic mass is 9.91. The predicted molar refractivity (Wildman–Crippen MR) is 120 cm³/mol. The van der Waals surface area contributed by atoms with E-state index in [2.05, 4.69) is 32.3 Å². The number of nitrogens with one attached hydrogen (secondary N) is 6. The molecule has 2 aromatic rings. The van der Waals surface area contributed by atoms with Crippen LogP contribution in [0.2, 0.25) is 0 Å². The molecule has 0 bridgehead atoms. The highest BCUT2D eigenvalue weighted by molar-refractivity contribution is 5.76. The zero-order valence-electron chi connectivity index (χ0n) is 18.7. The van der Waals surface area contributed by atoms with Crippen molar-refractivity contribution < 1.29 is 35.9 Å². The highest BCUT2D eigenvalue weighted by atomic mass is 19.4. The predicted octanol–water partition coefficient (Wildman–Crippen LogP) is 4.99. The Balaban J connectivity index is 1.36. The molecular weight excluding hydrogens is 494 g/mol. The fraction of sp³-hybridized carbons (Fsp3) is 0.364. The maximum Gasteiger partial charge on any atom is 0.416 e. The van der Waals surface area contributed by atoms with E-state index in [4.69, 9.17) is 0 Å². The van der Waals surface area contributed by atoms with Crippen molar-refractivity contribution in [3.63, 3.8) is 0 Å². The quantitative estimate of drug-likeness (QED) is 0.240. The molecule has 0 saturated heterocycles. The van der Waals surface area contributed by atoms with Crippen LogP contribution in [0.3, 0.4) is 0 Å². The number of anilines is 2. The van der Waals surface area contributed by atoms with Crippen molar-refractivity contribution in [1.29, 1.82) is 0 Å². The molecule has 14 heteroatoms. The molecule has 196 valence electrons. The van der Waals surface area contributed by atoms with E-state index >= 15 is 0 Å². The summed E-state index contributed by atoms with van der Waals surface area (Å²) >= 11 is 0. The van der Waals surface area contributed by atoms with Crippen LogP contribution in [0.25, 0.3) is 0 Å². The average molecular weight is 518 g/mol. The van der Waals surface area contributed by atoms with Gasteiger partial charge in [0.2, 0.25) is 0 Å². The summed E-state index contributed by atoms with van der Waals surface area (Å²) in [7, 11) is 0. The van der Waals surface area contributed by atoms with Crippen LogP contribution in [0, 0.1) is 0 Å². The van der Waals surface area contributed by atoms with E-state index in [1.165, 1.54) is 24.3 Å². The minimum absolute atomic E-state index is 0.0673. The van der Waals surface area contributed by atoms with E-state index in [9.17, 15) is 35.9 Å². The maximum atomic E-state index is 12.8. The third-order valence-corrected chi connectivity index (χ3v) is 5.42. The number of amides is 4. The summed E-state index contributed by atoms with van der Waals surface area (Å²) in [5, 5.41) is 5.41. The Hall–Kier alpha value is -3.84. The Labute approximate surface area is 202 Å². The Bertz CT molecular complexity index is 970. The lowest BCUT2D eigenvalue weighted by molar-refractivity contribution is -0.138. The number of halogens is 6. The number of carbonyl (C=O) groups is 2. The lowest BCUT2D eigenvalue weighted by Crippen LogP contribution is -2.49. The van der Waals surface area contributed by atoms with E-state index in [1.807, 2.05) is 0 Å². The summed E-state index contributed by atoms with van der Waals surface area (Å²) in [6, 6.07) is 7.08. The molecule has 0 radical (unpaired) electrons. The second-order valence-electron chi connectivity index (χ2n) is 8.15. The topological polar surface area (TPSA) is 106 Å². The van der Waals surface area contributed by atoms with Crippen molar-refractivity contribution in [2.24, 2.45) is 0 Å². The van der Waals surface area contributed by atoms with E-state index in [1.54, 1.807) is 0 Å². The monoisotopic (exact) mass is 518 g/mol. The van der Waals surface area contributed by atoms with Crippen LogP contribution in [0.5, 0.6) is 0 Å². The third kappa shape index (κ3) is 8.13. The number of benzene rings is 2. The molecular formula is C22H24F6N6O2. The molecule has 1 aliphatic carbocycles. The van der Waals surface area contributed by atoms with Gasteiger partial charge in [0.15, 0.2) is 0 Å². The summed E-state index contributed by atoms with van der Waals surface area (Å²) in [5.41, 5.74) is 7.85. The van der Waals surface area contributed by atoms with Crippen molar-refractivity contribution in [2.45, 2.75) is 50.1 Å². The molecule has 36 heavy (non-hydrogen) atoms. The molecule has 0 unspecified atom stereocenters. The number of hydrogen-bond acceptors (Lipinski definition) is 4. The van der Waals surface area contributed by atoms with Crippen LogP contribution in [0.4, 0.5) is 47.3 Å². The molecule has 0 spiro atoms. The second kappa shape index (κ2) is 11.3. The average Bonchev–Trinajstić information content (AvgIpc) is 2.82. The zero-order chi connectivity index (χ0) is 26.3. The molecule has 3 rings (SSSR count). The summed E-state index contributed by atoms with van der Waals surface area (Å²) < 4.78 is 76.6. The van der Waals surface area contributed by atoms with E-state index in [0.29, 0.717) is 25.7 Å². The summed E-state index contributed by atoms with van der Waals surface area (Å²) in [6.45, 7) is 0. The van der Waals surface area contributed by atoms with E-state index < -0.39 is 35.5 Å².